The van der Waals surface area contributed by atoms with Crippen LogP contribution in [0.25, 0.3) is 0 Å². The Balaban J connectivity index is 3.58. The van der Waals surface area contributed by atoms with Crippen molar-refractivity contribution in [1.29, 1.82) is 0 Å². The van der Waals surface area contributed by atoms with Gasteiger partial charge in [0.15, 0.2) is 5.75 Å². The number of ether oxygens (including phenoxy) is 1. The van der Waals surface area contributed by atoms with Crippen LogP contribution < -0.4 is 9.74 Å². The van der Waals surface area contributed by atoms with E-state index < -0.39 is 84.8 Å². The predicted molar refractivity (Wildman–Crippen MR) is 95.7 cm³/mol. The van der Waals surface area contributed by atoms with Crippen LogP contribution in [0.3, 0.4) is 0 Å². The van der Waals surface area contributed by atoms with E-state index in [2.05, 4.69) is 4.74 Å². The summed E-state index contributed by atoms with van der Waals surface area (Å²) in [4.78, 5) is 33.9. The molecule has 30 heavy (non-hydrogen) atoms. The first-order valence-electron chi connectivity index (χ1n) is 9.55. The molecule has 1 aromatic rings. The molecule has 0 aromatic heterocycles. The third-order valence-electron chi connectivity index (χ3n) is 3.24. The summed E-state index contributed by atoms with van der Waals surface area (Å²) in [5.41, 5.74) is -1.82. The van der Waals surface area contributed by atoms with Crippen LogP contribution >= 0.6 is 0 Å². The van der Waals surface area contributed by atoms with Crippen LogP contribution in [0, 0.1) is 10.1 Å². The summed E-state index contributed by atoms with van der Waals surface area (Å²) in [6.45, 7) is 4.79. The van der Waals surface area contributed by atoms with E-state index in [9.17, 15) is 41.7 Å². The number of hydrogen-bond donors (Lipinski definition) is 1. The highest BCUT2D eigenvalue weighted by atomic mass is 28.4. The minimum absolute atomic E-state index is 0.694. The van der Waals surface area contributed by atoms with Crippen LogP contribution in [-0.2, 0) is 20.7 Å². The zero-order valence-corrected chi connectivity index (χ0v) is 17.1. The van der Waals surface area contributed by atoms with Gasteiger partial charge in [-0.25, -0.2) is 4.79 Å². The summed E-state index contributed by atoms with van der Waals surface area (Å²) < 4.78 is 97.8. The third-order valence-corrected chi connectivity index (χ3v) is 4.06. The van der Waals surface area contributed by atoms with Gasteiger partial charge < -0.3 is 14.5 Å². The molecule has 0 spiro atoms. The molecule has 0 fully saturated rings. The first-order chi connectivity index (χ1) is 14.8. The number of nitro groups is 1. The lowest BCUT2D eigenvalue weighted by Crippen LogP contribution is -2.55. The zero-order valence-electron chi connectivity index (χ0n) is 19.1. The quantitative estimate of drug-likeness (QED) is 0.209. The first-order valence-corrected chi connectivity index (χ1v) is 11.5. The van der Waals surface area contributed by atoms with Crippen molar-refractivity contribution >= 4 is 25.9 Å². The second kappa shape index (κ2) is 8.93. The molecule has 0 saturated carbocycles. The summed E-state index contributed by atoms with van der Waals surface area (Å²) in [6, 6.07) is -5.08. The molecule has 168 valence electrons. The molecule has 0 aliphatic rings. The van der Waals surface area contributed by atoms with Crippen LogP contribution in [0.5, 0.6) is 5.75 Å². The van der Waals surface area contributed by atoms with Gasteiger partial charge in [-0.05, 0) is 31.2 Å². The van der Waals surface area contributed by atoms with Crippen molar-refractivity contribution in [2.45, 2.75) is 44.2 Å². The van der Waals surface area contributed by atoms with Gasteiger partial charge in [-0.15, -0.1) is 0 Å². The minimum Gasteiger partial charge on any atom is -0.540 e. The Morgan fingerprint density at radius 2 is 1.83 bits per heavy atom. The van der Waals surface area contributed by atoms with Crippen LogP contribution in [-0.4, -0.2) is 50.4 Å². The van der Waals surface area contributed by atoms with Gasteiger partial charge in [0.2, 0.25) is 8.32 Å². The van der Waals surface area contributed by atoms with Crippen LogP contribution in [0.1, 0.15) is 9.68 Å². The van der Waals surface area contributed by atoms with Crippen molar-refractivity contribution in [2.24, 2.45) is 0 Å². The number of methoxy groups -OCH3 is 1. The molecule has 1 amide bonds. The molecule has 0 saturated heterocycles. The number of nitrogens with zero attached hydrogens (tertiary/aromatic N) is 1. The number of benzene rings is 1. The molecule has 1 N–H and O–H groups in total. The second-order valence-electron chi connectivity index (χ2n) is 6.83. The topological polar surface area (TPSA) is 108 Å². The molecular formula is C16H19F5N2O6Si. The third kappa shape index (κ3) is 6.37. The Labute approximate surface area is 172 Å². The number of carbonyl (C=O) groups excluding carboxylic acids is 2. The average molecular weight is 461 g/mol. The van der Waals surface area contributed by atoms with Gasteiger partial charge >= 0.3 is 29.7 Å². The summed E-state index contributed by atoms with van der Waals surface area (Å²) in [5.74, 6) is -11.0. The van der Waals surface area contributed by atoms with Gasteiger partial charge in [0.25, 0.3) is 0 Å². The molecule has 0 heterocycles. The second-order valence-corrected chi connectivity index (χ2v) is 11.3. The summed E-state index contributed by atoms with van der Waals surface area (Å²) in [7, 11) is -1.88. The van der Waals surface area contributed by atoms with Crippen LogP contribution in [0.4, 0.5) is 27.6 Å². The zero-order chi connectivity index (χ0) is 26.1. The van der Waals surface area contributed by atoms with Crippen LogP contribution in [0.15, 0.2) is 18.1 Å². The fourth-order valence-corrected chi connectivity index (χ4v) is 2.71. The fraction of sp³-hybridized carbons (Fsp3) is 0.500. The van der Waals surface area contributed by atoms with E-state index in [4.69, 9.17) is 8.54 Å². The number of halogens is 5. The van der Waals surface area contributed by atoms with Crippen molar-refractivity contribution in [1.82, 2.24) is 5.32 Å². The predicted octanol–water partition coefficient (Wildman–Crippen LogP) is 3.21. The summed E-state index contributed by atoms with van der Waals surface area (Å²) in [5, 5.41) is 12.7. The normalized spacial score (nSPS) is 14.8. The van der Waals surface area contributed by atoms with E-state index in [-0.39, 0.29) is 0 Å². The highest BCUT2D eigenvalue weighted by Gasteiger charge is 2.63. The van der Waals surface area contributed by atoms with Gasteiger partial charge in [0.05, 0.1) is 16.1 Å². The Kier molecular flexibility index (Phi) is 6.10. The van der Waals surface area contributed by atoms with Crippen molar-refractivity contribution < 1.29 is 49.7 Å². The SMILES string of the molecule is [2H]c1c([2H])c(O[Si](C)(C)C)c([N+](=O)[O-])c([2H])c1C[C@H](NC(=O)C(F)(F)C(F)(F)F)C(=O)OC. The number of esters is 1. The Bertz CT molecular complexity index is 972. The summed E-state index contributed by atoms with van der Waals surface area (Å²) in [6.07, 6.45) is -7.41. The number of alkyl halides is 5. The standard InChI is InChI=1S/C16H19F5N2O6Si/c1-28-13(24)10(22-14(25)15(17,18)16(19,20)21)7-9-5-6-12(29-30(2,3)4)11(8-9)23(26)27/h5-6,8,10H,7H2,1-4H3,(H,22,25)/t10-/m0/s1/i5D,6D,8D. The maximum Gasteiger partial charge on any atom is 0.463 e. The van der Waals surface area contributed by atoms with Crippen molar-refractivity contribution in [3.8, 4) is 5.75 Å². The Morgan fingerprint density at radius 1 is 1.27 bits per heavy atom. The molecule has 0 unspecified atom stereocenters. The van der Waals surface area contributed by atoms with Gasteiger partial charge in [0.1, 0.15) is 6.04 Å². The highest BCUT2D eigenvalue weighted by Crippen LogP contribution is 2.36. The van der Waals surface area contributed by atoms with Crippen molar-refractivity contribution in [3.63, 3.8) is 0 Å². The van der Waals surface area contributed by atoms with E-state index in [0.717, 1.165) is 12.4 Å². The largest absolute Gasteiger partial charge is 0.540 e. The van der Waals surface area contributed by atoms with Gasteiger partial charge in [0, 0.05) is 12.5 Å². The smallest absolute Gasteiger partial charge is 0.463 e. The maximum absolute atomic E-state index is 13.3. The highest BCUT2D eigenvalue weighted by molar-refractivity contribution is 6.70. The molecule has 14 heteroatoms. The molecule has 1 aromatic carbocycles. The number of amides is 1. The molecular weight excluding hydrogens is 439 g/mol. The molecule has 0 aliphatic heterocycles. The van der Waals surface area contributed by atoms with E-state index in [1.807, 2.05) is 0 Å². The number of hydrogen-bond acceptors (Lipinski definition) is 6. The lowest BCUT2D eigenvalue weighted by atomic mass is 10.0. The van der Waals surface area contributed by atoms with Crippen LogP contribution in [0.2, 0.25) is 19.6 Å². The Morgan fingerprint density at radius 3 is 2.27 bits per heavy atom. The lowest BCUT2D eigenvalue weighted by molar-refractivity contribution is -0.385. The molecule has 1 atom stereocenters. The van der Waals surface area contributed by atoms with E-state index in [1.54, 1.807) is 19.6 Å². The molecule has 0 bridgehead atoms. The van der Waals surface area contributed by atoms with E-state index in [1.165, 1.54) is 0 Å². The molecule has 1 rings (SSSR count). The van der Waals surface area contributed by atoms with Gasteiger partial charge in [-0.3, -0.25) is 14.9 Å². The number of nitro benzene ring substituents is 1. The average Bonchev–Trinajstić information content (AvgIpc) is 2.65. The number of rotatable bonds is 8. The molecule has 0 aliphatic carbocycles. The van der Waals surface area contributed by atoms with E-state index >= 15 is 0 Å². The summed E-state index contributed by atoms with van der Waals surface area (Å²) >= 11 is 0. The van der Waals surface area contributed by atoms with Crippen molar-refractivity contribution in [2.75, 3.05) is 7.11 Å². The fourth-order valence-electron chi connectivity index (χ4n) is 1.95. The monoisotopic (exact) mass is 461 g/mol. The van der Waals surface area contributed by atoms with Gasteiger partial charge in [-0.2, -0.15) is 22.0 Å². The van der Waals surface area contributed by atoms with Crippen molar-refractivity contribution in [3.05, 3.63) is 33.8 Å². The van der Waals surface area contributed by atoms with Gasteiger partial charge in [-0.1, -0.05) is 6.04 Å². The lowest BCUT2D eigenvalue weighted by Gasteiger charge is -2.23. The number of carbonyl (C=O) groups is 2. The number of nitrogens with one attached hydrogen (secondary N) is 1. The Hall–Kier alpha value is -2.77. The first kappa shape index (κ1) is 20.5. The minimum atomic E-state index is -6.29. The van der Waals surface area contributed by atoms with E-state index in [0.29, 0.717) is 0 Å². The maximum atomic E-state index is 13.3. The molecule has 0 radical (unpaired) electrons. The molecule has 8 nitrogen and oxygen atoms in total.